The summed E-state index contributed by atoms with van der Waals surface area (Å²) < 4.78 is 6.64. The lowest BCUT2D eigenvalue weighted by Gasteiger charge is -2.21. The molecule has 33 heavy (non-hydrogen) atoms. The van der Waals surface area contributed by atoms with Crippen LogP contribution >= 0.6 is 0 Å². The Bertz CT molecular complexity index is 1180. The Morgan fingerprint density at radius 2 is 2.06 bits per heavy atom. The van der Waals surface area contributed by atoms with Crippen LogP contribution in [0.4, 0.5) is 10.5 Å². The Morgan fingerprint density at radius 1 is 1.24 bits per heavy atom. The molecule has 8 nitrogen and oxygen atoms in total. The van der Waals surface area contributed by atoms with Crippen LogP contribution < -0.4 is 10.6 Å². The summed E-state index contributed by atoms with van der Waals surface area (Å²) in [6.07, 6.45) is 3.39. The first-order valence-electron chi connectivity index (χ1n) is 11.2. The number of carbonyl (C=O) groups is 2. The number of hydrogen-bond acceptors (Lipinski definition) is 5. The van der Waals surface area contributed by atoms with Crippen LogP contribution in [-0.4, -0.2) is 33.5 Å². The van der Waals surface area contributed by atoms with Crippen molar-refractivity contribution in [1.82, 2.24) is 15.1 Å². The second kappa shape index (κ2) is 9.23. The Balaban J connectivity index is 1.44. The molecule has 3 aromatic rings. The Morgan fingerprint density at radius 3 is 2.82 bits per heavy atom. The number of fused-ring (bicyclic) bond motifs is 2. The molecule has 1 aliphatic rings. The maximum absolute atomic E-state index is 12.8. The van der Waals surface area contributed by atoms with Crippen LogP contribution in [0.15, 0.2) is 42.6 Å². The van der Waals surface area contributed by atoms with Gasteiger partial charge in [0.2, 0.25) is 0 Å². The van der Waals surface area contributed by atoms with Gasteiger partial charge in [0.15, 0.2) is 6.73 Å². The molecule has 4 rings (SSSR count). The minimum absolute atomic E-state index is 0.0260. The number of nitrogens with zero attached hydrogens (tertiary/aromatic N) is 2. The van der Waals surface area contributed by atoms with Crippen molar-refractivity contribution in [2.75, 3.05) is 11.9 Å². The average molecular weight is 451 g/mol. The third-order valence-electron chi connectivity index (χ3n) is 5.99. The van der Waals surface area contributed by atoms with Crippen molar-refractivity contribution >= 4 is 28.6 Å². The molecular formula is C25H30N4O4. The van der Waals surface area contributed by atoms with Gasteiger partial charge in [-0.3, -0.25) is 4.79 Å². The monoisotopic (exact) mass is 450 g/mol. The molecule has 2 amide bonds. The number of urea groups is 1. The molecule has 0 saturated carbocycles. The first-order valence-corrected chi connectivity index (χ1v) is 11.2. The molecule has 0 unspecified atom stereocenters. The molecule has 174 valence electrons. The molecule has 0 spiro atoms. The first kappa shape index (κ1) is 22.8. The van der Waals surface area contributed by atoms with E-state index in [0.717, 1.165) is 23.7 Å². The van der Waals surface area contributed by atoms with Gasteiger partial charge in [-0.2, -0.15) is 5.10 Å². The highest BCUT2D eigenvalue weighted by atomic mass is 16.5. The zero-order valence-corrected chi connectivity index (χ0v) is 19.2. The smallest absolute Gasteiger partial charge is 0.319 e. The molecule has 0 fully saturated rings. The number of esters is 1. The van der Waals surface area contributed by atoms with Gasteiger partial charge in [-0.05, 0) is 47.1 Å². The van der Waals surface area contributed by atoms with Crippen molar-refractivity contribution in [3.8, 4) is 0 Å². The van der Waals surface area contributed by atoms with Gasteiger partial charge in [0.05, 0.1) is 36.5 Å². The summed E-state index contributed by atoms with van der Waals surface area (Å²) in [5, 5.41) is 19.9. The second-order valence-electron chi connectivity index (χ2n) is 9.35. The van der Waals surface area contributed by atoms with Crippen LogP contribution in [-0.2, 0) is 28.1 Å². The summed E-state index contributed by atoms with van der Waals surface area (Å²) in [6, 6.07) is 11.7. The van der Waals surface area contributed by atoms with Gasteiger partial charge in [-0.15, -0.1) is 0 Å². The number of nitrogens with one attached hydrogen (secondary N) is 2. The zero-order chi connectivity index (χ0) is 23.6. The van der Waals surface area contributed by atoms with Crippen molar-refractivity contribution in [1.29, 1.82) is 0 Å². The number of aryl methyl sites for hydroxylation is 1. The van der Waals surface area contributed by atoms with Crippen molar-refractivity contribution in [3.63, 3.8) is 0 Å². The quantitative estimate of drug-likeness (QED) is 0.492. The van der Waals surface area contributed by atoms with E-state index in [1.807, 2.05) is 18.2 Å². The second-order valence-corrected chi connectivity index (χ2v) is 9.35. The predicted molar refractivity (Wildman–Crippen MR) is 126 cm³/mol. The fourth-order valence-electron chi connectivity index (χ4n) is 4.16. The van der Waals surface area contributed by atoms with Crippen molar-refractivity contribution < 1.29 is 19.4 Å². The third kappa shape index (κ3) is 5.01. The van der Waals surface area contributed by atoms with E-state index in [0.29, 0.717) is 5.69 Å². The Labute approximate surface area is 192 Å². The highest BCUT2D eigenvalue weighted by Gasteiger charge is 2.26. The lowest BCUT2D eigenvalue weighted by molar-refractivity contribution is -0.148. The first-order chi connectivity index (χ1) is 15.8. The van der Waals surface area contributed by atoms with Crippen LogP contribution in [0.1, 0.15) is 56.3 Å². The number of aliphatic hydroxyl groups is 1. The number of aliphatic hydroxyl groups excluding tert-OH is 1. The minimum atomic E-state index is -0.499. The number of benzene rings is 2. The Hall–Kier alpha value is -3.39. The van der Waals surface area contributed by atoms with E-state index in [-0.39, 0.29) is 37.2 Å². The molecule has 0 saturated heterocycles. The number of carbonyl (C=O) groups excluding carboxylic acids is 2. The fraction of sp³-hybridized carbons (Fsp3) is 0.400. The molecule has 3 N–H and O–H groups in total. The van der Waals surface area contributed by atoms with E-state index >= 15 is 0 Å². The van der Waals surface area contributed by atoms with E-state index in [1.165, 1.54) is 21.4 Å². The molecule has 1 aliphatic carbocycles. The minimum Gasteiger partial charge on any atom is -0.442 e. The molecular weight excluding hydrogens is 420 g/mol. The van der Waals surface area contributed by atoms with Gasteiger partial charge in [0.1, 0.15) is 0 Å². The van der Waals surface area contributed by atoms with E-state index in [2.05, 4.69) is 54.7 Å². The van der Waals surface area contributed by atoms with Gasteiger partial charge in [-0.1, -0.05) is 45.0 Å². The number of ether oxygens (including phenoxy) is 1. The summed E-state index contributed by atoms with van der Waals surface area (Å²) >= 11 is 0. The summed E-state index contributed by atoms with van der Waals surface area (Å²) in [7, 11) is 0. The van der Waals surface area contributed by atoms with E-state index in [4.69, 9.17) is 9.84 Å². The number of anilines is 1. The summed E-state index contributed by atoms with van der Waals surface area (Å²) in [5.41, 5.74) is 5.22. The normalized spacial score (nSPS) is 15.3. The molecule has 2 aromatic carbocycles. The molecule has 1 heterocycles. The average Bonchev–Trinajstić information content (AvgIpc) is 3.36. The highest BCUT2D eigenvalue weighted by molar-refractivity contribution is 6.00. The van der Waals surface area contributed by atoms with Crippen LogP contribution in [0.2, 0.25) is 0 Å². The van der Waals surface area contributed by atoms with Gasteiger partial charge < -0.3 is 20.5 Å². The molecule has 8 heteroatoms. The maximum atomic E-state index is 12.8. The predicted octanol–water partition coefficient (Wildman–Crippen LogP) is 4.03. The van der Waals surface area contributed by atoms with Crippen LogP contribution in [0, 0.1) is 0 Å². The van der Waals surface area contributed by atoms with E-state index < -0.39 is 5.97 Å². The van der Waals surface area contributed by atoms with Crippen molar-refractivity contribution in [2.45, 2.75) is 58.2 Å². The fourth-order valence-corrected chi connectivity index (χ4v) is 4.16. The SMILES string of the molecule is CC(C)(C)c1ccc2c(c1)CC[C@H]2NC(=O)Nc1cccc2c1cnn2COC(=O)CCO. The molecule has 0 radical (unpaired) electrons. The van der Waals surface area contributed by atoms with Gasteiger partial charge in [-0.25, -0.2) is 9.48 Å². The highest BCUT2D eigenvalue weighted by Crippen LogP contribution is 2.34. The van der Waals surface area contributed by atoms with Crippen LogP contribution in [0.25, 0.3) is 10.9 Å². The summed E-state index contributed by atoms with van der Waals surface area (Å²) in [5.74, 6) is -0.499. The van der Waals surface area contributed by atoms with Crippen molar-refractivity contribution in [3.05, 3.63) is 59.3 Å². The summed E-state index contributed by atoms with van der Waals surface area (Å²) in [4.78, 5) is 24.3. The zero-order valence-electron chi connectivity index (χ0n) is 19.2. The van der Waals surface area contributed by atoms with Gasteiger partial charge >= 0.3 is 12.0 Å². The van der Waals surface area contributed by atoms with Gasteiger partial charge in [0, 0.05) is 5.39 Å². The van der Waals surface area contributed by atoms with Crippen molar-refractivity contribution in [2.24, 2.45) is 0 Å². The van der Waals surface area contributed by atoms with E-state index in [9.17, 15) is 9.59 Å². The largest absolute Gasteiger partial charge is 0.442 e. The van der Waals surface area contributed by atoms with Crippen LogP contribution in [0.5, 0.6) is 0 Å². The molecule has 0 bridgehead atoms. The van der Waals surface area contributed by atoms with Gasteiger partial charge in [0.25, 0.3) is 0 Å². The third-order valence-corrected chi connectivity index (χ3v) is 5.99. The standard InChI is InChI=1S/C25H30N4O4/c1-25(2,3)17-8-9-18-16(13-17)7-10-21(18)28-24(32)27-20-5-4-6-22-19(20)14-26-29(22)15-33-23(31)11-12-30/h4-6,8-9,13-14,21,30H,7,10-12,15H2,1-3H3,(H2,27,28,32)/t21-/m1/s1. The summed E-state index contributed by atoms with van der Waals surface area (Å²) in [6.45, 7) is 6.29. The van der Waals surface area contributed by atoms with Crippen LogP contribution in [0.3, 0.4) is 0 Å². The maximum Gasteiger partial charge on any atom is 0.319 e. The topological polar surface area (TPSA) is 105 Å². The van der Waals surface area contributed by atoms with E-state index in [1.54, 1.807) is 6.20 Å². The lowest BCUT2D eigenvalue weighted by atomic mass is 9.85. The lowest BCUT2D eigenvalue weighted by Crippen LogP contribution is -2.31. The number of rotatable bonds is 6. The molecule has 1 atom stereocenters. The number of aromatic nitrogens is 2. The molecule has 0 aliphatic heterocycles. The number of amides is 2. The Kier molecular flexibility index (Phi) is 6.37. The molecule has 1 aromatic heterocycles. The number of hydrogen-bond donors (Lipinski definition) is 3.